The summed E-state index contributed by atoms with van der Waals surface area (Å²) in [5.41, 5.74) is 9.86. The van der Waals surface area contributed by atoms with Gasteiger partial charge < -0.3 is 5.11 Å². The smallest absolute Gasteiger partial charge is 0.119 e. The average Bonchev–Trinajstić information content (AvgIpc) is 2.23. The van der Waals surface area contributed by atoms with Crippen LogP contribution in [0.25, 0.3) is 16.5 Å². The minimum absolute atomic E-state index is 0.298. The van der Waals surface area contributed by atoms with Crippen molar-refractivity contribution < 1.29 is 5.11 Å². The Bertz CT molecular complexity index is 406. The first kappa shape index (κ1) is 11.1. The molecule has 0 aromatic heterocycles. The maximum absolute atomic E-state index is 9.44. The number of hydrogen-bond acceptors (Lipinski definition) is 2. The third-order valence-electron chi connectivity index (χ3n) is 2.00. The van der Waals surface area contributed by atoms with Crippen LogP contribution in [-0.4, -0.2) is 11.7 Å². The van der Waals surface area contributed by atoms with E-state index >= 15 is 0 Å². The number of phenols is 1. The molecular formula is C11H13N3O. The van der Waals surface area contributed by atoms with Crippen LogP contribution in [0.4, 0.5) is 0 Å². The predicted molar refractivity (Wildman–Crippen MR) is 60.5 cm³/mol. The van der Waals surface area contributed by atoms with Crippen LogP contribution < -0.4 is 0 Å². The molecule has 0 bridgehead atoms. The predicted octanol–water partition coefficient (Wildman–Crippen LogP) is 3.41. The van der Waals surface area contributed by atoms with E-state index in [9.17, 15) is 5.11 Å². The van der Waals surface area contributed by atoms with Gasteiger partial charge in [0.05, 0.1) is 0 Å². The van der Waals surface area contributed by atoms with Crippen molar-refractivity contribution >= 4 is 6.08 Å². The molecule has 0 spiro atoms. The molecule has 0 aliphatic heterocycles. The van der Waals surface area contributed by atoms with Gasteiger partial charge in [-0.2, -0.15) is 0 Å². The quantitative estimate of drug-likeness (QED) is 0.346. The third kappa shape index (κ3) is 3.75. The van der Waals surface area contributed by atoms with Gasteiger partial charge in [0.25, 0.3) is 0 Å². The summed E-state index contributed by atoms with van der Waals surface area (Å²) in [6.07, 6.45) is 4.52. The first-order chi connectivity index (χ1) is 7.24. The number of rotatable bonds is 4. The van der Waals surface area contributed by atoms with E-state index < -0.39 is 0 Å². The zero-order chi connectivity index (χ0) is 11.1. The SMILES string of the molecule is Cc1ccc(C=CCCN=[N+]=[N-])cc1O. The molecule has 1 aromatic carbocycles. The zero-order valence-electron chi connectivity index (χ0n) is 8.59. The lowest BCUT2D eigenvalue weighted by atomic mass is 10.1. The summed E-state index contributed by atoms with van der Waals surface area (Å²) < 4.78 is 0. The van der Waals surface area contributed by atoms with Gasteiger partial charge in [-0.1, -0.05) is 29.4 Å². The Morgan fingerprint density at radius 1 is 1.53 bits per heavy atom. The Labute approximate surface area is 88.5 Å². The number of benzene rings is 1. The molecule has 1 N–H and O–H groups in total. The number of phenolic OH excluding ortho intramolecular Hbond substituents is 1. The normalized spacial score (nSPS) is 10.2. The van der Waals surface area contributed by atoms with Crippen molar-refractivity contribution in [3.63, 3.8) is 0 Å². The van der Waals surface area contributed by atoms with Gasteiger partial charge in [0.15, 0.2) is 0 Å². The lowest BCUT2D eigenvalue weighted by molar-refractivity contribution is 0.471. The molecule has 0 radical (unpaired) electrons. The van der Waals surface area contributed by atoms with Crippen LogP contribution in [-0.2, 0) is 0 Å². The fourth-order valence-electron chi connectivity index (χ4n) is 1.13. The van der Waals surface area contributed by atoms with Crippen molar-refractivity contribution in [2.45, 2.75) is 13.3 Å². The topological polar surface area (TPSA) is 69.0 Å². The van der Waals surface area contributed by atoms with E-state index in [1.807, 2.05) is 31.2 Å². The second-order valence-electron chi connectivity index (χ2n) is 3.19. The van der Waals surface area contributed by atoms with E-state index in [0.29, 0.717) is 18.7 Å². The summed E-state index contributed by atoms with van der Waals surface area (Å²) in [7, 11) is 0. The molecule has 0 heterocycles. The van der Waals surface area contributed by atoms with Gasteiger partial charge in [-0.05, 0) is 36.1 Å². The van der Waals surface area contributed by atoms with E-state index in [2.05, 4.69) is 10.0 Å². The van der Waals surface area contributed by atoms with Gasteiger partial charge in [0.2, 0.25) is 0 Å². The fraction of sp³-hybridized carbons (Fsp3) is 0.273. The van der Waals surface area contributed by atoms with Crippen LogP contribution in [0.2, 0.25) is 0 Å². The average molecular weight is 203 g/mol. The fourth-order valence-corrected chi connectivity index (χ4v) is 1.13. The Morgan fingerprint density at radius 2 is 2.33 bits per heavy atom. The molecule has 4 nitrogen and oxygen atoms in total. The molecule has 0 atom stereocenters. The van der Waals surface area contributed by atoms with Gasteiger partial charge in [-0.15, -0.1) is 0 Å². The molecular weight excluding hydrogens is 190 g/mol. The Hall–Kier alpha value is -1.93. The highest BCUT2D eigenvalue weighted by atomic mass is 16.3. The van der Waals surface area contributed by atoms with E-state index in [1.165, 1.54) is 0 Å². The molecule has 0 aliphatic rings. The van der Waals surface area contributed by atoms with Crippen LogP contribution in [0.15, 0.2) is 29.4 Å². The molecule has 1 aromatic rings. The minimum atomic E-state index is 0.298. The molecule has 1 rings (SSSR count). The van der Waals surface area contributed by atoms with Gasteiger partial charge in [-0.3, -0.25) is 0 Å². The van der Waals surface area contributed by atoms with Gasteiger partial charge in [0.1, 0.15) is 5.75 Å². The zero-order valence-corrected chi connectivity index (χ0v) is 8.59. The number of hydrogen-bond donors (Lipinski definition) is 1. The first-order valence-corrected chi connectivity index (χ1v) is 4.71. The molecule has 15 heavy (non-hydrogen) atoms. The number of aryl methyl sites for hydroxylation is 1. The molecule has 0 aliphatic carbocycles. The van der Waals surface area contributed by atoms with Crippen LogP contribution in [0.1, 0.15) is 17.5 Å². The van der Waals surface area contributed by atoms with E-state index in [-0.39, 0.29) is 0 Å². The first-order valence-electron chi connectivity index (χ1n) is 4.71. The van der Waals surface area contributed by atoms with Crippen molar-refractivity contribution in [2.75, 3.05) is 6.54 Å². The number of nitrogens with zero attached hydrogens (tertiary/aromatic N) is 3. The molecule has 0 saturated carbocycles. The minimum Gasteiger partial charge on any atom is -0.508 e. The molecule has 4 heteroatoms. The number of azide groups is 1. The van der Waals surface area contributed by atoms with E-state index in [1.54, 1.807) is 6.07 Å². The van der Waals surface area contributed by atoms with Crippen molar-refractivity contribution in [1.82, 2.24) is 0 Å². The molecule has 0 fully saturated rings. The Kier molecular flexibility index (Phi) is 4.26. The Morgan fingerprint density at radius 3 is 3.00 bits per heavy atom. The maximum Gasteiger partial charge on any atom is 0.119 e. The van der Waals surface area contributed by atoms with Crippen LogP contribution >= 0.6 is 0 Å². The summed E-state index contributed by atoms with van der Waals surface area (Å²) in [5, 5.41) is 12.9. The summed E-state index contributed by atoms with van der Waals surface area (Å²) in [5.74, 6) is 0.298. The van der Waals surface area contributed by atoms with Crippen molar-refractivity contribution in [1.29, 1.82) is 0 Å². The summed E-state index contributed by atoms with van der Waals surface area (Å²) in [6.45, 7) is 2.31. The lowest BCUT2D eigenvalue weighted by Gasteiger charge is -1.99. The molecule has 0 saturated heterocycles. The molecule has 78 valence electrons. The van der Waals surface area contributed by atoms with Crippen molar-refractivity contribution in [2.24, 2.45) is 5.11 Å². The largest absolute Gasteiger partial charge is 0.508 e. The molecule has 0 unspecified atom stereocenters. The van der Waals surface area contributed by atoms with Crippen LogP contribution in [0.3, 0.4) is 0 Å². The highest BCUT2D eigenvalue weighted by Crippen LogP contribution is 2.18. The van der Waals surface area contributed by atoms with Crippen LogP contribution in [0.5, 0.6) is 5.75 Å². The monoisotopic (exact) mass is 203 g/mol. The second-order valence-corrected chi connectivity index (χ2v) is 3.19. The summed E-state index contributed by atoms with van der Waals surface area (Å²) in [6, 6.07) is 5.50. The summed E-state index contributed by atoms with van der Waals surface area (Å²) >= 11 is 0. The summed E-state index contributed by atoms with van der Waals surface area (Å²) in [4.78, 5) is 2.66. The van der Waals surface area contributed by atoms with Gasteiger partial charge >= 0.3 is 0 Å². The lowest BCUT2D eigenvalue weighted by Crippen LogP contribution is -1.77. The standard InChI is InChI=1S/C11H13N3O/c1-9-5-6-10(8-11(9)15)4-2-3-7-13-14-12/h2,4-6,8,15H,3,7H2,1H3. The highest BCUT2D eigenvalue weighted by Gasteiger charge is 1.94. The van der Waals surface area contributed by atoms with E-state index in [0.717, 1.165) is 11.1 Å². The van der Waals surface area contributed by atoms with Crippen LogP contribution in [0, 0.1) is 6.92 Å². The molecule has 0 amide bonds. The number of aromatic hydroxyl groups is 1. The highest BCUT2D eigenvalue weighted by molar-refractivity contribution is 5.53. The van der Waals surface area contributed by atoms with Crippen molar-refractivity contribution in [3.05, 3.63) is 45.8 Å². The van der Waals surface area contributed by atoms with Gasteiger partial charge in [0, 0.05) is 11.5 Å². The van der Waals surface area contributed by atoms with Gasteiger partial charge in [-0.25, -0.2) is 0 Å². The third-order valence-corrected chi connectivity index (χ3v) is 2.00. The Balaban J connectivity index is 2.56. The van der Waals surface area contributed by atoms with E-state index in [4.69, 9.17) is 5.53 Å². The van der Waals surface area contributed by atoms with Crippen molar-refractivity contribution in [3.8, 4) is 5.75 Å². The second kappa shape index (κ2) is 5.73. The maximum atomic E-state index is 9.44.